The summed E-state index contributed by atoms with van der Waals surface area (Å²) < 4.78 is 19.4. The second kappa shape index (κ2) is 10.7. The molecule has 3 aromatic carbocycles. The first-order chi connectivity index (χ1) is 15.1. The van der Waals surface area contributed by atoms with Gasteiger partial charge in [-0.05, 0) is 29.3 Å². The summed E-state index contributed by atoms with van der Waals surface area (Å²) in [5, 5.41) is 15.8. The van der Waals surface area contributed by atoms with Crippen LogP contribution in [0.25, 0.3) is 34.0 Å². The van der Waals surface area contributed by atoms with Crippen LogP contribution in [0.5, 0.6) is 0 Å². The topological polar surface area (TPSA) is 88.2 Å². The highest BCUT2D eigenvalue weighted by Gasteiger charge is 2.12. The zero-order valence-electron chi connectivity index (χ0n) is 17.0. The number of halogens is 2. The Balaban J connectivity index is 0.00000289. The zero-order chi connectivity index (χ0) is 21.6. The van der Waals surface area contributed by atoms with Crippen molar-refractivity contribution in [2.75, 3.05) is 6.54 Å². The van der Waals surface area contributed by atoms with E-state index in [9.17, 15) is 9.18 Å². The van der Waals surface area contributed by atoms with Crippen molar-refractivity contribution in [1.82, 2.24) is 15.5 Å². The van der Waals surface area contributed by atoms with Crippen molar-refractivity contribution < 1.29 is 18.8 Å². The SMILES string of the molecule is Cl.O=C(O)CCNCc1ccc(-c2noc(-c3ccc(-c4ccccc4F)cc3)n2)cc1. The summed E-state index contributed by atoms with van der Waals surface area (Å²) in [6.45, 7) is 1.00. The third-order valence-corrected chi connectivity index (χ3v) is 4.80. The minimum absolute atomic E-state index is 0. The molecule has 1 heterocycles. The molecule has 0 spiro atoms. The Kier molecular flexibility index (Phi) is 7.70. The average molecular weight is 454 g/mol. The third kappa shape index (κ3) is 5.57. The van der Waals surface area contributed by atoms with E-state index >= 15 is 0 Å². The van der Waals surface area contributed by atoms with Crippen LogP contribution in [0, 0.1) is 5.82 Å². The Morgan fingerprint density at radius 2 is 1.59 bits per heavy atom. The van der Waals surface area contributed by atoms with E-state index in [1.807, 2.05) is 48.5 Å². The Labute approximate surface area is 190 Å². The molecule has 0 unspecified atom stereocenters. The molecule has 2 N–H and O–H groups in total. The van der Waals surface area contributed by atoms with Crippen LogP contribution in [0.15, 0.2) is 77.3 Å². The normalized spacial score (nSPS) is 10.5. The van der Waals surface area contributed by atoms with Gasteiger partial charge in [-0.3, -0.25) is 4.79 Å². The van der Waals surface area contributed by atoms with Gasteiger partial charge >= 0.3 is 5.97 Å². The molecule has 4 rings (SSSR count). The van der Waals surface area contributed by atoms with Crippen molar-refractivity contribution in [3.63, 3.8) is 0 Å². The summed E-state index contributed by atoms with van der Waals surface area (Å²) in [7, 11) is 0. The van der Waals surface area contributed by atoms with Crippen LogP contribution in [0.1, 0.15) is 12.0 Å². The van der Waals surface area contributed by atoms with Crippen LogP contribution in [0.2, 0.25) is 0 Å². The van der Waals surface area contributed by atoms with E-state index in [2.05, 4.69) is 15.5 Å². The Morgan fingerprint density at radius 3 is 2.28 bits per heavy atom. The number of hydrogen-bond donors (Lipinski definition) is 2. The number of hydrogen-bond acceptors (Lipinski definition) is 5. The zero-order valence-corrected chi connectivity index (χ0v) is 17.8. The molecule has 0 fully saturated rings. The van der Waals surface area contributed by atoms with Gasteiger partial charge in [0.1, 0.15) is 5.82 Å². The maximum atomic E-state index is 14.0. The number of carboxylic acids is 1. The van der Waals surface area contributed by atoms with Crippen LogP contribution < -0.4 is 5.32 Å². The molecular formula is C24H21ClFN3O3. The lowest BCUT2D eigenvalue weighted by atomic mass is 10.0. The molecule has 164 valence electrons. The summed E-state index contributed by atoms with van der Waals surface area (Å²) in [5.41, 5.74) is 3.90. The lowest BCUT2D eigenvalue weighted by molar-refractivity contribution is -0.136. The largest absolute Gasteiger partial charge is 0.481 e. The fraction of sp³-hybridized carbons (Fsp3) is 0.125. The van der Waals surface area contributed by atoms with Crippen LogP contribution in [0.3, 0.4) is 0 Å². The van der Waals surface area contributed by atoms with Gasteiger partial charge in [-0.15, -0.1) is 12.4 Å². The standard InChI is InChI=1S/C24H20FN3O3.ClH/c25-21-4-2-1-3-20(21)17-9-11-19(12-10-17)24-27-23(28-31-24)18-7-5-16(6-8-18)15-26-14-13-22(29)30;/h1-12,26H,13-15H2,(H,29,30);1H. The van der Waals surface area contributed by atoms with E-state index in [-0.39, 0.29) is 24.6 Å². The van der Waals surface area contributed by atoms with Gasteiger partial charge in [0, 0.05) is 29.8 Å². The molecule has 0 amide bonds. The van der Waals surface area contributed by atoms with E-state index < -0.39 is 5.97 Å². The molecule has 0 atom stereocenters. The smallest absolute Gasteiger partial charge is 0.304 e. The van der Waals surface area contributed by atoms with Crippen molar-refractivity contribution in [2.24, 2.45) is 0 Å². The summed E-state index contributed by atoms with van der Waals surface area (Å²) >= 11 is 0. The van der Waals surface area contributed by atoms with Crippen LogP contribution in [-0.2, 0) is 11.3 Å². The van der Waals surface area contributed by atoms with Crippen molar-refractivity contribution in [2.45, 2.75) is 13.0 Å². The van der Waals surface area contributed by atoms with Gasteiger partial charge < -0.3 is 14.9 Å². The molecule has 32 heavy (non-hydrogen) atoms. The molecule has 0 aliphatic heterocycles. The monoisotopic (exact) mass is 453 g/mol. The maximum Gasteiger partial charge on any atom is 0.304 e. The lowest BCUT2D eigenvalue weighted by Gasteiger charge is -2.04. The molecular weight excluding hydrogens is 433 g/mol. The van der Waals surface area contributed by atoms with Gasteiger partial charge in [0.15, 0.2) is 0 Å². The first-order valence-corrected chi connectivity index (χ1v) is 9.81. The van der Waals surface area contributed by atoms with Gasteiger partial charge in [-0.2, -0.15) is 4.98 Å². The highest BCUT2D eigenvalue weighted by Crippen LogP contribution is 2.27. The molecule has 0 saturated carbocycles. The van der Waals surface area contributed by atoms with Gasteiger partial charge in [0.2, 0.25) is 5.82 Å². The second-order valence-electron chi connectivity index (χ2n) is 7.00. The predicted molar refractivity (Wildman–Crippen MR) is 122 cm³/mol. The van der Waals surface area contributed by atoms with Gasteiger partial charge in [0.25, 0.3) is 5.89 Å². The average Bonchev–Trinajstić information content (AvgIpc) is 3.28. The Hall–Kier alpha value is -3.55. The van der Waals surface area contributed by atoms with Crippen molar-refractivity contribution in [1.29, 1.82) is 0 Å². The molecule has 0 saturated heterocycles. The number of benzene rings is 3. The minimum atomic E-state index is -0.822. The molecule has 0 radical (unpaired) electrons. The number of aliphatic carboxylic acids is 1. The first-order valence-electron chi connectivity index (χ1n) is 9.81. The predicted octanol–water partition coefficient (Wildman–Crippen LogP) is 5.20. The van der Waals surface area contributed by atoms with Gasteiger partial charge in [-0.25, -0.2) is 4.39 Å². The molecule has 0 bridgehead atoms. The number of carbonyl (C=O) groups is 1. The van der Waals surface area contributed by atoms with Gasteiger partial charge in [-0.1, -0.05) is 59.8 Å². The van der Waals surface area contributed by atoms with Crippen molar-refractivity contribution in [3.05, 3.63) is 84.2 Å². The van der Waals surface area contributed by atoms with Gasteiger partial charge in [0.05, 0.1) is 6.42 Å². The number of nitrogens with one attached hydrogen (secondary N) is 1. The molecule has 4 aromatic rings. The Bertz CT molecular complexity index is 1180. The quantitative estimate of drug-likeness (QED) is 0.357. The van der Waals surface area contributed by atoms with E-state index in [4.69, 9.17) is 9.63 Å². The molecule has 1 aromatic heterocycles. The second-order valence-corrected chi connectivity index (χ2v) is 7.00. The highest BCUT2D eigenvalue weighted by molar-refractivity contribution is 5.85. The van der Waals surface area contributed by atoms with Crippen molar-refractivity contribution >= 4 is 18.4 Å². The molecule has 0 aliphatic carbocycles. The fourth-order valence-corrected chi connectivity index (χ4v) is 3.15. The van der Waals surface area contributed by atoms with Crippen LogP contribution >= 0.6 is 12.4 Å². The first kappa shape index (κ1) is 23.1. The van der Waals surface area contributed by atoms with Crippen LogP contribution in [0.4, 0.5) is 4.39 Å². The highest BCUT2D eigenvalue weighted by atomic mass is 35.5. The number of aromatic nitrogens is 2. The van der Waals surface area contributed by atoms with E-state index in [0.29, 0.717) is 30.4 Å². The summed E-state index contributed by atoms with van der Waals surface area (Å²) in [6, 6.07) is 21.6. The number of rotatable bonds is 8. The maximum absolute atomic E-state index is 14.0. The summed E-state index contributed by atoms with van der Waals surface area (Å²) in [4.78, 5) is 15.0. The minimum Gasteiger partial charge on any atom is -0.481 e. The number of carboxylic acid groups (broad SMARTS) is 1. The fourth-order valence-electron chi connectivity index (χ4n) is 3.15. The van der Waals surface area contributed by atoms with Crippen LogP contribution in [-0.4, -0.2) is 27.8 Å². The molecule has 0 aliphatic rings. The lowest BCUT2D eigenvalue weighted by Crippen LogP contribution is -2.17. The molecule has 8 heteroatoms. The van der Waals surface area contributed by atoms with Crippen molar-refractivity contribution in [3.8, 4) is 34.0 Å². The van der Waals surface area contributed by atoms with E-state index in [1.54, 1.807) is 18.2 Å². The van der Waals surface area contributed by atoms with E-state index in [0.717, 1.165) is 22.3 Å². The number of nitrogens with zero attached hydrogens (tertiary/aromatic N) is 2. The molecule has 6 nitrogen and oxygen atoms in total. The van der Waals surface area contributed by atoms with E-state index in [1.165, 1.54) is 6.07 Å². The summed E-state index contributed by atoms with van der Waals surface area (Å²) in [6.07, 6.45) is 0.0883. The third-order valence-electron chi connectivity index (χ3n) is 4.80. The summed E-state index contributed by atoms with van der Waals surface area (Å²) in [5.74, 6) is -0.235. The Morgan fingerprint density at radius 1 is 0.938 bits per heavy atom.